The Morgan fingerprint density at radius 2 is 1.71 bits per heavy atom. The van der Waals surface area contributed by atoms with E-state index < -0.39 is 29.7 Å². The highest BCUT2D eigenvalue weighted by molar-refractivity contribution is 6.38. The molecule has 3 heterocycles. The predicted molar refractivity (Wildman–Crippen MR) is 90.2 cm³/mol. The third kappa shape index (κ3) is 3.85. The van der Waals surface area contributed by atoms with Gasteiger partial charge in [0.2, 0.25) is 0 Å². The molecule has 1 aromatic rings. The first kappa shape index (κ1) is 19.8. The SMILES string of the molecule is CCN1CCN(C(=O)N2CCN(c3cc(C(F)(F)F)ncn3)CC2)C(=O)C1=O. The van der Waals surface area contributed by atoms with E-state index in [0.717, 1.165) is 17.3 Å². The van der Waals surface area contributed by atoms with E-state index in [-0.39, 0.29) is 45.1 Å². The summed E-state index contributed by atoms with van der Waals surface area (Å²) in [4.78, 5) is 49.1. The maximum absolute atomic E-state index is 12.8. The van der Waals surface area contributed by atoms with Crippen LogP contribution in [0, 0.1) is 0 Å². The second-order valence-corrected chi connectivity index (χ2v) is 6.36. The van der Waals surface area contributed by atoms with Crippen molar-refractivity contribution in [3.05, 3.63) is 18.1 Å². The van der Waals surface area contributed by atoms with Crippen LogP contribution in [0.3, 0.4) is 0 Å². The summed E-state index contributed by atoms with van der Waals surface area (Å²) in [6, 6.07) is 0.302. The van der Waals surface area contributed by atoms with Gasteiger partial charge in [-0.2, -0.15) is 13.2 Å². The van der Waals surface area contributed by atoms with E-state index in [1.807, 2.05) is 0 Å². The molecule has 9 nitrogen and oxygen atoms in total. The predicted octanol–water partition coefficient (Wildman–Crippen LogP) is 0.428. The van der Waals surface area contributed by atoms with Crippen molar-refractivity contribution in [3.63, 3.8) is 0 Å². The fourth-order valence-electron chi connectivity index (χ4n) is 3.13. The first-order valence-electron chi connectivity index (χ1n) is 8.76. The molecule has 1 aromatic heterocycles. The maximum Gasteiger partial charge on any atom is 0.433 e. The number of halogens is 3. The molecule has 0 spiro atoms. The van der Waals surface area contributed by atoms with Gasteiger partial charge in [-0.1, -0.05) is 0 Å². The third-order valence-corrected chi connectivity index (χ3v) is 4.74. The van der Waals surface area contributed by atoms with Crippen LogP contribution in [0.5, 0.6) is 0 Å². The summed E-state index contributed by atoms with van der Waals surface area (Å²) in [5, 5.41) is 0. The van der Waals surface area contributed by atoms with Crippen molar-refractivity contribution >= 4 is 23.7 Å². The number of aromatic nitrogens is 2. The molecule has 2 aliphatic heterocycles. The molecule has 0 unspecified atom stereocenters. The highest BCUT2D eigenvalue weighted by Gasteiger charge is 2.38. The zero-order chi connectivity index (χ0) is 20.5. The molecule has 4 amide bonds. The van der Waals surface area contributed by atoms with Crippen LogP contribution in [-0.4, -0.2) is 88.3 Å². The van der Waals surface area contributed by atoms with Gasteiger partial charge in [-0.25, -0.2) is 14.8 Å². The first-order chi connectivity index (χ1) is 13.2. The van der Waals surface area contributed by atoms with E-state index in [1.54, 1.807) is 11.8 Å². The van der Waals surface area contributed by atoms with Gasteiger partial charge in [0.05, 0.1) is 0 Å². The average Bonchev–Trinajstić information content (AvgIpc) is 2.69. The van der Waals surface area contributed by atoms with Gasteiger partial charge in [0.25, 0.3) is 0 Å². The molecule has 0 atom stereocenters. The molecule has 0 aromatic carbocycles. The van der Waals surface area contributed by atoms with Crippen LogP contribution in [0.1, 0.15) is 12.6 Å². The quantitative estimate of drug-likeness (QED) is 0.669. The zero-order valence-corrected chi connectivity index (χ0v) is 15.1. The standard InChI is InChI=1S/C16H19F3N6O3/c1-2-22-7-8-25(14(27)13(22)26)15(28)24-5-3-23(4-6-24)12-9-11(16(17,18)19)20-10-21-12/h9-10H,2-8H2,1H3. The van der Waals surface area contributed by atoms with Crippen LogP contribution in [0.4, 0.5) is 23.8 Å². The Labute approximate surface area is 158 Å². The van der Waals surface area contributed by atoms with Gasteiger partial charge in [-0.15, -0.1) is 0 Å². The Kier molecular flexibility index (Phi) is 5.38. The second kappa shape index (κ2) is 7.60. The molecule has 12 heteroatoms. The van der Waals surface area contributed by atoms with Crippen molar-refractivity contribution in [2.24, 2.45) is 0 Å². The minimum absolute atomic E-state index is 0.122. The van der Waals surface area contributed by atoms with Crippen molar-refractivity contribution in [2.45, 2.75) is 13.1 Å². The van der Waals surface area contributed by atoms with Gasteiger partial charge >= 0.3 is 24.0 Å². The van der Waals surface area contributed by atoms with Crippen molar-refractivity contribution < 1.29 is 27.6 Å². The van der Waals surface area contributed by atoms with E-state index >= 15 is 0 Å². The van der Waals surface area contributed by atoms with Crippen molar-refractivity contribution in [1.29, 1.82) is 0 Å². The number of piperazine rings is 2. The Morgan fingerprint density at radius 3 is 2.32 bits per heavy atom. The van der Waals surface area contributed by atoms with Crippen LogP contribution in [0.2, 0.25) is 0 Å². The molecule has 28 heavy (non-hydrogen) atoms. The summed E-state index contributed by atoms with van der Waals surface area (Å²) in [6.07, 6.45) is -3.71. The van der Waals surface area contributed by atoms with E-state index in [9.17, 15) is 27.6 Å². The Morgan fingerprint density at radius 1 is 1.04 bits per heavy atom. The minimum Gasteiger partial charge on any atom is -0.353 e. The highest BCUT2D eigenvalue weighted by Crippen LogP contribution is 2.29. The van der Waals surface area contributed by atoms with Crippen molar-refractivity contribution in [2.75, 3.05) is 50.7 Å². The number of hydrogen-bond acceptors (Lipinski definition) is 6. The van der Waals surface area contributed by atoms with Crippen LogP contribution in [-0.2, 0) is 15.8 Å². The van der Waals surface area contributed by atoms with Crippen LogP contribution < -0.4 is 4.90 Å². The first-order valence-corrected chi connectivity index (χ1v) is 8.76. The number of carbonyl (C=O) groups is 3. The Bertz CT molecular complexity index is 779. The van der Waals surface area contributed by atoms with Gasteiger partial charge in [-0.05, 0) is 6.92 Å². The summed E-state index contributed by atoms with van der Waals surface area (Å²) in [5.74, 6) is -1.44. The van der Waals surface area contributed by atoms with Gasteiger partial charge < -0.3 is 14.7 Å². The molecule has 2 saturated heterocycles. The number of nitrogens with zero attached hydrogens (tertiary/aromatic N) is 6. The summed E-state index contributed by atoms with van der Waals surface area (Å²) in [6.45, 7) is 3.43. The van der Waals surface area contributed by atoms with E-state index in [1.165, 1.54) is 9.80 Å². The zero-order valence-electron chi connectivity index (χ0n) is 15.1. The largest absolute Gasteiger partial charge is 0.433 e. The molecule has 0 aliphatic carbocycles. The number of carbonyl (C=O) groups excluding carboxylic acids is 3. The fourth-order valence-corrected chi connectivity index (χ4v) is 3.13. The topological polar surface area (TPSA) is 89.9 Å². The molecule has 0 saturated carbocycles. The number of amides is 4. The van der Waals surface area contributed by atoms with Gasteiger partial charge in [0.1, 0.15) is 17.8 Å². The van der Waals surface area contributed by atoms with E-state index in [4.69, 9.17) is 0 Å². The molecule has 3 rings (SSSR count). The molecular formula is C16H19F3N6O3. The number of alkyl halides is 3. The number of anilines is 1. The summed E-state index contributed by atoms with van der Waals surface area (Å²) in [5.41, 5.74) is -1.03. The molecule has 2 aliphatic rings. The molecule has 152 valence electrons. The van der Waals surface area contributed by atoms with Crippen molar-refractivity contribution in [1.82, 2.24) is 24.7 Å². The summed E-state index contributed by atoms with van der Waals surface area (Å²) in [7, 11) is 0. The highest BCUT2D eigenvalue weighted by atomic mass is 19.4. The summed E-state index contributed by atoms with van der Waals surface area (Å²) < 4.78 is 38.4. The lowest BCUT2D eigenvalue weighted by molar-refractivity contribution is -0.153. The van der Waals surface area contributed by atoms with Crippen molar-refractivity contribution in [3.8, 4) is 0 Å². The lowest BCUT2D eigenvalue weighted by Crippen LogP contribution is -2.61. The lowest BCUT2D eigenvalue weighted by Gasteiger charge is -2.39. The number of imide groups is 1. The molecule has 0 bridgehead atoms. The normalized spacial score (nSPS) is 18.7. The molecule has 0 N–H and O–H groups in total. The second-order valence-electron chi connectivity index (χ2n) is 6.36. The molecule has 2 fully saturated rings. The van der Waals surface area contributed by atoms with Crippen LogP contribution in [0.25, 0.3) is 0 Å². The molecule has 0 radical (unpaired) electrons. The lowest BCUT2D eigenvalue weighted by atomic mass is 10.2. The van der Waals surface area contributed by atoms with E-state index in [2.05, 4.69) is 9.97 Å². The van der Waals surface area contributed by atoms with Gasteiger partial charge in [0.15, 0.2) is 0 Å². The van der Waals surface area contributed by atoms with Gasteiger partial charge in [0, 0.05) is 51.9 Å². The third-order valence-electron chi connectivity index (χ3n) is 4.74. The average molecular weight is 400 g/mol. The maximum atomic E-state index is 12.8. The smallest absolute Gasteiger partial charge is 0.353 e. The van der Waals surface area contributed by atoms with Gasteiger partial charge in [-0.3, -0.25) is 14.5 Å². The number of likely N-dealkylation sites (N-methyl/N-ethyl adjacent to an activating group) is 1. The fraction of sp³-hybridized carbons (Fsp3) is 0.562. The number of hydrogen-bond donors (Lipinski definition) is 0. The minimum atomic E-state index is -4.57. The van der Waals surface area contributed by atoms with Crippen LogP contribution in [0.15, 0.2) is 12.4 Å². The van der Waals surface area contributed by atoms with Crippen LogP contribution >= 0.6 is 0 Å². The Hall–Kier alpha value is -2.92. The number of urea groups is 1. The van der Waals surface area contributed by atoms with E-state index in [0.29, 0.717) is 6.54 Å². The Balaban J connectivity index is 1.62. The molecular weight excluding hydrogens is 381 g/mol. The number of rotatable bonds is 2. The monoisotopic (exact) mass is 400 g/mol. The summed E-state index contributed by atoms with van der Waals surface area (Å²) >= 11 is 0.